The number of anilines is 1. The molecule has 0 bridgehead atoms. The van der Waals surface area contributed by atoms with Crippen LogP contribution in [0.2, 0.25) is 0 Å². The summed E-state index contributed by atoms with van der Waals surface area (Å²) in [5.41, 5.74) is 6.37. The van der Waals surface area contributed by atoms with Crippen molar-refractivity contribution in [2.45, 2.75) is 20.0 Å². The molecule has 7 heteroatoms. The minimum absolute atomic E-state index is 0.267. The van der Waals surface area contributed by atoms with Crippen LogP contribution in [0, 0.1) is 0 Å². The average molecular weight is 251 g/mol. The number of hydrogen-bond acceptors (Lipinski definition) is 5. The molecular weight excluding hydrogens is 238 g/mol. The van der Waals surface area contributed by atoms with E-state index in [2.05, 4.69) is 15.4 Å². The standard InChI is InChI=1S/C10H13N5OS/c1-2-15-6-7(11)9(14-15)10(16)13-5-8-12-3-4-17-8/h3-4,6H,2,5,11H2,1H3,(H,13,16). The number of carbonyl (C=O) groups is 1. The normalized spacial score (nSPS) is 10.4. The van der Waals surface area contributed by atoms with Crippen LogP contribution < -0.4 is 11.1 Å². The van der Waals surface area contributed by atoms with Crippen LogP contribution in [0.3, 0.4) is 0 Å². The van der Waals surface area contributed by atoms with E-state index in [1.165, 1.54) is 11.3 Å². The Bertz CT molecular complexity index is 505. The van der Waals surface area contributed by atoms with Gasteiger partial charge >= 0.3 is 0 Å². The van der Waals surface area contributed by atoms with E-state index < -0.39 is 0 Å². The molecular formula is C10H13N5OS. The minimum Gasteiger partial charge on any atom is -0.396 e. The number of nitrogens with two attached hydrogens (primary N) is 1. The molecule has 2 rings (SSSR count). The van der Waals surface area contributed by atoms with Crippen LogP contribution in [-0.4, -0.2) is 20.7 Å². The van der Waals surface area contributed by atoms with Gasteiger partial charge in [0.2, 0.25) is 0 Å². The Morgan fingerprint density at radius 3 is 3.06 bits per heavy atom. The van der Waals surface area contributed by atoms with Gasteiger partial charge in [-0.25, -0.2) is 4.98 Å². The second-order valence-corrected chi connectivity index (χ2v) is 4.38. The predicted molar refractivity (Wildman–Crippen MR) is 65.6 cm³/mol. The lowest BCUT2D eigenvalue weighted by Gasteiger charge is -2.00. The smallest absolute Gasteiger partial charge is 0.274 e. The Hall–Kier alpha value is -1.89. The fourth-order valence-corrected chi connectivity index (χ4v) is 1.91. The zero-order chi connectivity index (χ0) is 12.3. The van der Waals surface area contributed by atoms with Gasteiger partial charge in [-0.15, -0.1) is 11.3 Å². The van der Waals surface area contributed by atoms with Gasteiger partial charge in [0.15, 0.2) is 5.69 Å². The maximum Gasteiger partial charge on any atom is 0.274 e. The molecule has 0 aliphatic heterocycles. The summed E-state index contributed by atoms with van der Waals surface area (Å²) in [5, 5.41) is 9.54. The minimum atomic E-state index is -0.273. The molecule has 2 aromatic heterocycles. The van der Waals surface area contributed by atoms with E-state index in [-0.39, 0.29) is 11.6 Å². The van der Waals surface area contributed by atoms with Gasteiger partial charge < -0.3 is 11.1 Å². The maximum atomic E-state index is 11.8. The third kappa shape index (κ3) is 2.62. The Balaban J connectivity index is 2.01. The predicted octanol–water partition coefficient (Wildman–Crippen LogP) is 0.872. The van der Waals surface area contributed by atoms with Gasteiger partial charge in [-0.2, -0.15) is 5.10 Å². The highest BCUT2D eigenvalue weighted by Crippen LogP contribution is 2.09. The highest BCUT2D eigenvalue weighted by Gasteiger charge is 2.14. The Kier molecular flexibility index (Phi) is 3.38. The van der Waals surface area contributed by atoms with Crippen LogP contribution in [0.4, 0.5) is 5.69 Å². The summed E-state index contributed by atoms with van der Waals surface area (Å²) >= 11 is 1.49. The number of aryl methyl sites for hydroxylation is 1. The number of thiazole rings is 1. The molecule has 0 aliphatic rings. The highest BCUT2D eigenvalue weighted by molar-refractivity contribution is 7.09. The van der Waals surface area contributed by atoms with E-state index in [4.69, 9.17) is 5.73 Å². The van der Waals surface area contributed by atoms with Crippen LogP contribution in [-0.2, 0) is 13.1 Å². The van der Waals surface area contributed by atoms with Crippen molar-refractivity contribution in [2.24, 2.45) is 0 Å². The van der Waals surface area contributed by atoms with Crippen LogP contribution >= 0.6 is 11.3 Å². The second kappa shape index (κ2) is 4.96. The van der Waals surface area contributed by atoms with Crippen molar-refractivity contribution < 1.29 is 4.79 Å². The molecule has 0 radical (unpaired) electrons. The van der Waals surface area contributed by atoms with E-state index in [9.17, 15) is 4.79 Å². The molecule has 0 spiro atoms. The lowest BCUT2D eigenvalue weighted by molar-refractivity contribution is 0.0946. The Labute approximate surface area is 102 Å². The first-order chi connectivity index (χ1) is 8.20. The van der Waals surface area contributed by atoms with E-state index in [1.54, 1.807) is 17.1 Å². The fraction of sp³-hybridized carbons (Fsp3) is 0.300. The van der Waals surface area contributed by atoms with Crippen molar-refractivity contribution in [1.29, 1.82) is 0 Å². The Morgan fingerprint density at radius 2 is 2.47 bits per heavy atom. The first kappa shape index (κ1) is 11.6. The number of hydrogen-bond donors (Lipinski definition) is 2. The number of rotatable bonds is 4. The molecule has 0 unspecified atom stereocenters. The van der Waals surface area contributed by atoms with Crippen LogP contribution in [0.25, 0.3) is 0 Å². The highest BCUT2D eigenvalue weighted by atomic mass is 32.1. The van der Waals surface area contributed by atoms with Crippen molar-refractivity contribution in [1.82, 2.24) is 20.1 Å². The van der Waals surface area contributed by atoms with Crippen LogP contribution in [0.1, 0.15) is 22.4 Å². The molecule has 2 aromatic rings. The summed E-state index contributed by atoms with van der Waals surface area (Å²) in [4.78, 5) is 15.9. The molecule has 0 saturated carbocycles. The van der Waals surface area contributed by atoms with Gasteiger partial charge in [-0.1, -0.05) is 0 Å². The molecule has 0 aromatic carbocycles. The largest absolute Gasteiger partial charge is 0.396 e. The second-order valence-electron chi connectivity index (χ2n) is 3.40. The van der Waals surface area contributed by atoms with Crippen molar-refractivity contribution in [3.8, 4) is 0 Å². The quantitative estimate of drug-likeness (QED) is 0.844. The molecule has 6 nitrogen and oxygen atoms in total. The monoisotopic (exact) mass is 251 g/mol. The maximum absolute atomic E-state index is 11.8. The summed E-state index contributed by atoms with van der Waals surface area (Å²) < 4.78 is 1.63. The first-order valence-electron chi connectivity index (χ1n) is 5.20. The zero-order valence-electron chi connectivity index (χ0n) is 9.38. The van der Waals surface area contributed by atoms with Gasteiger partial charge in [0.05, 0.1) is 12.2 Å². The SMILES string of the molecule is CCn1cc(N)c(C(=O)NCc2nccs2)n1. The average Bonchev–Trinajstić information content (AvgIpc) is 2.94. The summed E-state index contributed by atoms with van der Waals surface area (Å²) in [6.45, 7) is 3.02. The third-order valence-corrected chi connectivity index (χ3v) is 2.99. The van der Waals surface area contributed by atoms with Gasteiger partial charge in [-0.3, -0.25) is 9.48 Å². The molecule has 0 atom stereocenters. The molecule has 3 N–H and O–H groups in total. The van der Waals surface area contributed by atoms with Gasteiger partial charge in [0, 0.05) is 24.3 Å². The van der Waals surface area contributed by atoms with Gasteiger partial charge in [0.25, 0.3) is 5.91 Å². The zero-order valence-corrected chi connectivity index (χ0v) is 10.2. The lowest BCUT2D eigenvalue weighted by Crippen LogP contribution is -2.24. The van der Waals surface area contributed by atoms with Crippen molar-refractivity contribution in [3.63, 3.8) is 0 Å². The van der Waals surface area contributed by atoms with E-state index in [0.717, 1.165) is 5.01 Å². The van der Waals surface area contributed by atoms with Gasteiger partial charge in [-0.05, 0) is 6.92 Å². The van der Waals surface area contributed by atoms with E-state index in [1.807, 2.05) is 12.3 Å². The van der Waals surface area contributed by atoms with Crippen molar-refractivity contribution in [2.75, 3.05) is 5.73 Å². The number of nitrogens with zero attached hydrogens (tertiary/aromatic N) is 3. The molecule has 1 amide bonds. The number of nitrogen functional groups attached to an aromatic ring is 1. The molecule has 0 aliphatic carbocycles. The topological polar surface area (TPSA) is 85.8 Å². The number of amides is 1. The van der Waals surface area contributed by atoms with Crippen molar-refractivity contribution >= 4 is 22.9 Å². The molecule has 2 heterocycles. The fourth-order valence-electron chi connectivity index (χ4n) is 1.36. The van der Waals surface area contributed by atoms with Gasteiger partial charge in [0.1, 0.15) is 5.01 Å². The van der Waals surface area contributed by atoms with Crippen molar-refractivity contribution in [3.05, 3.63) is 28.5 Å². The molecule has 0 saturated heterocycles. The number of aromatic nitrogens is 3. The summed E-state index contributed by atoms with van der Waals surface area (Å²) in [7, 11) is 0. The summed E-state index contributed by atoms with van der Waals surface area (Å²) in [6, 6.07) is 0. The third-order valence-electron chi connectivity index (χ3n) is 2.21. The van der Waals surface area contributed by atoms with E-state index in [0.29, 0.717) is 18.8 Å². The van der Waals surface area contributed by atoms with E-state index >= 15 is 0 Å². The first-order valence-corrected chi connectivity index (χ1v) is 6.08. The Morgan fingerprint density at radius 1 is 1.65 bits per heavy atom. The molecule has 0 fully saturated rings. The molecule has 90 valence electrons. The number of nitrogens with one attached hydrogen (secondary N) is 1. The summed E-state index contributed by atoms with van der Waals surface area (Å²) in [5.74, 6) is -0.273. The van der Waals surface area contributed by atoms with Crippen LogP contribution in [0.15, 0.2) is 17.8 Å². The number of carbonyl (C=O) groups excluding carboxylic acids is 1. The van der Waals surface area contributed by atoms with Crippen LogP contribution in [0.5, 0.6) is 0 Å². The summed E-state index contributed by atoms with van der Waals surface area (Å²) in [6.07, 6.45) is 3.35. The lowest BCUT2D eigenvalue weighted by atomic mass is 10.3. The molecule has 17 heavy (non-hydrogen) atoms.